The van der Waals surface area contributed by atoms with Crippen LogP contribution in [0.5, 0.6) is 0 Å². The number of aromatic nitrogens is 1. The van der Waals surface area contributed by atoms with Crippen LogP contribution in [0.1, 0.15) is 29.7 Å². The molecule has 78 valence electrons. The third-order valence-electron chi connectivity index (χ3n) is 2.92. The average Bonchev–Trinajstić information content (AvgIpc) is 2.67. The minimum Gasteiger partial charge on any atom is -0.325 e. The molecule has 0 bridgehead atoms. The number of thioether (sulfide) groups is 1. The van der Waals surface area contributed by atoms with Crippen LogP contribution in [0.4, 0.5) is 0 Å². The van der Waals surface area contributed by atoms with Gasteiger partial charge in [0.1, 0.15) is 5.01 Å². The lowest BCUT2D eigenvalue weighted by atomic mass is 9.83. The molecular formula is C10H16N2S2. The molecule has 0 saturated carbocycles. The van der Waals surface area contributed by atoms with Crippen molar-refractivity contribution in [1.82, 2.24) is 4.98 Å². The first kappa shape index (κ1) is 10.5. The van der Waals surface area contributed by atoms with Gasteiger partial charge in [-0.05, 0) is 24.3 Å². The van der Waals surface area contributed by atoms with Gasteiger partial charge in [0.05, 0.1) is 0 Å². The van der Waals surface area contributed by atoms with Crippen LogP contribution >= 0.6 is 23.1 Å². The SMILES string of the molecule is CC1(c2cnc(CN)s2)CCSCC1. The summed E-state index contributed by atoms with van der Waals surface area (Å²) in [4.78, 5) is 5.77. The summed E-state index contributed by atoms with van der Waals surface area (Å²) in [5, 5.41) is 1.07. The molecule has 0 spiro atoms. The quantitative estimate of drug-likeness (QED) is 0.844. The highest BCUT2D eigenvalue weighted by atomic mass is 32.2. The maximum absolute atomic E-state index is 5.58. The molecule has 1 aromatic heterocycles. The molecule has 1 aromatic rings. The van der Waals surface area contributed by atoms with Crippen LogP contribution in [0.3, 0.4) is 0 Å². The normalized spacial score (nSPS) is 21.0. The topological polar surface area (TPSA) is 38.9 Å². The number of hydrogen-bond donors (Lipinski definition) is 1. The zero-order valence-corrected chi connectivity index (χ0v) is 10.1. The molecule has 0 atom stereocenters. The second-order valence-corrected chi connectivity index (χ2v) is 6.34. The van der Waals surface area contributed by atoms with Crippen molar-refractivity contribution in [3.05, 3.63) is 16.1 Å². The predicted molar refractivity (Wildman–Crippen MR) is 63.9 cm³/mol. The monoisotopic (exact) mass is 228 g/mol. The Bertz CT molecular complexity index is 303. The second-order valence-electron chi connectivity index (χ2n) is 4.00. The van der Waals surface area contributed by atoms with Gasteiger partial charge in [-0.1, -0.05) is 6.92 Å². The van der Waals surface area contributed by atoms with Crippen LogP contribution in [-0.2, 0) is 12.0 Å². The van der Waals surface area contributed by atoms with E-state index >= 15 is 0 Å². The lowest BCUT2D eigenvalue weighted by Crippen LogP contribution is -2.26. The van der Waals surface area contributed by atoms with E-state index in [-0.39, 0.29) is 0 Å². The first-order chi connectivity index (χ1) is 6.74. The number of nitrogens with zero attached hydrogens (tertiary/aromatic N) is 1. The summed E-state index contributed by atoms with van der Waals surface area (Å²) in [6, 6.07) is 0. The molecular weight excluding hydrogens is 212 g/mol. The molecule has 1 aliphatic heterocycles. The molecule has 2 nitrogen and oxygen atoms in total. The van der Waals surface area contributed by atoms with Crippen LogP contribution in [0.2, 0.25) is 0 Å². The minimum atomic E-state index is 0.371. The second kappa shape index (κ2) is 4.21. The molecule has 0 unspecified atom stereocenters. The van der Waals surface area contributed by atoms with E-state index in [0.29, 0.717) is 12.0 Å². The molecule has 0 amide bonds. The van der Waals surface area contributed by atoms with Gasteiger partial charge in [0, 0.05) is 23.0 Å². The number of thiazole rings is 1. The van der Waals surface area contributed by atoms with Gasteiger partial charge in [-0.2, -0.15) is 11.8 Å². The summed E-state index contributed by atoms with van der Waals surface area (Å²) in [5.74, 6) is 2.57. The van der Waals surface area contributed by atoms with E-state index in [2.05, 4.69) is 23.7 Å². The molecule has 14 heavy (non-hydrogen) atoms. The molecule has 2 N–H and O–H groups in total. The lowest BCUT2D eigenvalue weighted by molar-refractivity contribution is 0.445. The van der Waals surface area contributed by atoms with Crippen LogP contribution in [0, 0.1) is 0 Å². The predicted octanol–water partition coefficient (Wildman–Crippen LogP) is 2.39. The third kappa shape index (κ3) is 1.97. The fourth-order valence-electron chi connectivity index (χ4n) is 1.75. The smallest absolute Gasteiger partial charge is 0.106 e. The molecule has 1 saturated heterocycles. The van der Waals surface area contributed by atoms with Gasteiger partial charge in [0.2, 0.25) is 0 Å². The fraction of sp³-hybridized carbons (Fsp3) is 0.700. The van der Waals surface area contributed by atoms with E-state index in [1.165, 1.54) is 29.2 Å². The highest BCUT2D eigenvalue weighted by Crippen LogP contribution is 2.40. The highest BCUT2D eigenvalue weighted by molar-refractivity contribution is 7.99. The number of hydrogen-bond acceptors (Lipinski definition) is 4. The van der Waals surface area contributed by atoms with Gasteiger partial charge >= 0.3 is 0 Å². The van der Waals surface area contributed by atoms with E-state index in [1.807, 2.05) is 6.20 Å². The highest BCUT2D eigenvalue weighted by Gasteiger charge is 2.30. The summed E-state index contributed by atoms with van der Waals surface area (Å²) in [6.07, 6.45) is 4.59. The third-order valence-corrected chi connectivity index (χ3v) is 5.23. The Labute approximate surface area is 93.3 Å². The van der Waals surface area contributed by atoms with Crippen molar-refractivity contribution < 1.29 is 0 Å². The Kier molecular flexibility index (Phi) is 3.14. The molecule has 1 fully saturated rings. The number of rotatable bonds is 2. The Hall–Kier alpha value is -0.0600. The standard InChI is InChI=1S/C10H16N2S2/c1-10(2-4-13-5-3-10)8-7-12-9(6-11)14-8/h7H,2-6,11H2,1H3. The van der Waals surface area contributed by atoms with Crippen molar-refractivity contribution in [2.75, 3.05) is 11.5 Å². The number of nitrogens with two attached hydrogens (primary N) is 1. The summed E-state index contributed by atoms with van der Waals surface area (Å²) in [6.45, 7) is 2.94. The molecule has 4 heteroatoms. The van der Waals surface area contributed by atoms with Crippen LogP contribution in [0.25, 0.3) is 0 Å². The minimum absolute atomic E-state index is 0.371. The molecule has 0 aliphatic carbocycles. The first-order valence-corrected chi connectivity index (χ1v) is 6.95. The molecule has 2 rings (SSSR count). The van der Waals surface area contributed by atoms with Crippen molar-refractivity contribution in [2.24, 2.45) is 5.73 Å². The van der Waals surface area contributed by atoms with E-state index in [4.69, 9.17) is 5.73 Å². The Morgan fingerprint density at radius 2 is 2.21 bits per heavy atom. The van der Waals surface area contributed by atoms with E-state index in [9.17, 15) is 0 Å². The average molecular weight is 228 g/mol. The van der Waals surface area contributed by atoms with Crippen molar-refractivity contribution in [3.63, 3.8) is 0 Å². The summed E-state index contributed by atoms with van der Waals surface area (Å²) < 4.78 is 0. The van der Waals surface area contributed by atoms with Gasteiger partial charge in [0.25, 0.3) is 0 Å². The van der Waals surface area contributed by atoms with E-state index in [1.54, 1.807) is 11.3 Å². The van der Waals surface area contributed by atoms with Crippen molar-refractivity contribution in [1.29, 1.82) is 0 Å². The van der Waals surface area contributed by atoms with Crippen molar-refractivity contribution in [3.8, 4) is 0 Å². The van der Waals surface area contributed by atoms with Crippen molar-refractivity contribution in [2.45, 2.75) is 31.7 Å². The molecule has 0 radical (unpaired) electrons. The van der Waals surface area contributed by atoms with Crippen molar-refractivity contribution >= 4 is 23.1 Å². The first-order valence-electron chi connectivity index (χ1n) is 4.97. The lowest BCUT2D eigenvalue weighted by Gasteiger charge is -2.31. The van der Waals surface area contributed by atoms with E-state index in [0.717, 1.165) is 5.01 Å². The van der Waals surface area contributed by atoms with Crippen LogP contribution in [0.15, 0.2) is 6.20 Å². The Balaban J connectivity index is 2.19. The van der Waals surface area contributed by atoms with Gasteiger partial charge < -0.3 is 5.73 Å². The van der Waals surface area contributed by atoms with E-state index < -0.39 is 0 Å². The Morgan fingerprint density at radius 1 is 1.50 bits per heavy atom. The summed E-state index contributed by atoms with van der Waals surface area (Å²) in [5.41, 5.74) is 5.95. The van der Waals surface area contributed by atoms with Gasteiger partial charge in [-0.3, -0.25) is 0 Å². The summed E-state index contributed by atoms with van der Waals surface area (Å²) in [7, 11) is 0. The van der Waals surface area contributed by atoms with Crippen LogP contribution < -0.4 is 5.73 Å². The van der Waals surface area contributed by atoms with Gasteiger partial charge in [0.15, 0.2) is 0 Å². The maximum atomic E-state index is 5.58. The fourth-order valence-corrected chi connectivity index (χ4v) is 4.14. The van der Waals surface area contributed by atoms with Crippen LogP contribution in [-0.4, -0.2) is 16.5 Å². The summed E-state index contributed by atoms with van der Waals surface area (Å²) >= 11 is 3.86. The molecule has 0 aromatic carbocycles. The maximum Gasteiger partial charge on any atom is 0.106 e. The zero-order chi connectivity index (χ0) is 10.0. The zero-order valence-electron chi connectivity index (χ0n) is 8.45. The largest absolute Gasteiger partial charge is 0.325 e. The molecule has 2 heterocycles. The van der Waals surface area contributed by atoms with Gasteiger partial charge in [-0.25, -0.2) is 4.98 Å². The Morgan fingerprint density at radius 3 is 2.79 bits per heavy atom. The molecule has 1 aliphatic rings. The van der Waals surface area contributed by atoms with Gasteiger partial charge in [-0.15, -0.1) is 11.3 Å².